The van der Waals surface area contributed by atoms with Crippen LogP contribution in [0.2, 0.25) is 0 Å². The van der Waals surface area contributed by atoms with Gasteiger partial charge in [-0.2, -0.15) is 5.10 Å². The Morgan fingerprint density at radius 3 is 2.70 bits per heavy atom. The molecule has 20 heavy (non-hydrogen) atoms. The highest BCUT2D eigenvalue weighted by atomic mass is 16.2. The van der Waals surface area contributed by atoms with Crippen molar-refractivity contribution in [3.63, 3.8) is 0 Å². The highest BCUT2D eigenvalue weighted by Gasteiger charge is 2.23. The molecule has 1 aliphatic rings. The number of fused-ring (bicyclic) bond motifs is 1. The number of hydrogen-bond donors (Lipinski definition) is 1. The van der Waals surface area contributed by atoms with Crippen LogP contribution in [0.1, 0.15) is 31.9 Å². The Bertz CT molecular complexity index is 705. The zero-order valence-electron chi connectivity index (χ0n) is 11.8. The van der Waals surface area contributed by atoms with Crippen molar-refractivity contribution in [2.24, 2.45) is 0 Å². The molecule has 1 aromatic heterocycles. The van der Waals surface area contributed by atoms with Crippen LogP contribution >= 0.6 is 0 Å². The summed E-state index contributed by atoms with van der Waals surface area (Å²) in [5.74, 6) is -0.0605. The van der Waals surface area contributed by atoms with Gasteiger partial charge < -0.3 is 5.32 Å². The topological polar surface area (TPSA) is 46.9 Å². The van der Waals surface area contributed by atoms with E-state index in [0.717, 1.165) is 16.8 Å². The van der Waals surface area contributed by atoms with Crippen LogP contribution in [0.3, 0.4) is 0 Å². The fourth-order valence-electron chi connectivity index (χ4n) is 2.23. The number of anilines is 1. The number of para-hydroxylation sites is 1. The van der Waals surface area contributed by atoms with Gasteiger partial charge in [0.25, 0.3) is 5.91 Å². The van der Waals surface area contributed by atoms with E-state index in [1.54, 1.807) is 6.20 Å². The Labute approximate surface area is 118 Å². The maximum atomic E-state index is 12.0. The summed E-state index contributed by atoms with van der Waals surface area (Å²) in [5.41, 5.74) is 3.37. The van der Waals surface area contributed by atoms with Crippen LogP contribution in [0.25, 0.3) is 11.6 Å². The molecule has 0 aliphatic carbocycles. The van der Waals surface area contributed by atoms with Crippen LogP contribution in [0, 0.1) is 0 Å². The minimum absolute atomic E-state index is 0.0605. The third kappa shape index (κ3) is 2.13. The molecule has 0 bridgehead atoms. The third-order valence-electron chi connectivity index (χ3n) is 3.31. The number of carbonyl (C=O) groups is 1. The predicted molar refractivity (Wildman–Crippen MR) is 80.2 cm³/mol. The van der Waals surface area contributed by atoms with Crippen molar-refractivity contribution in [1.29, 1.82) is 0 Å². The smallest absolute Gasteiger partial charge is 0.256 e. The first-order valence-electron chi connectivity index (χ1n) is 6.63. The lowest BCUT2D eigenvalue weighted by Crippen LogP contribution is -2.21. The van der Waals surface area contributed by atoms with Gasteiger partial charge in [0.1, 0.15) is 0 Å². The van der Waals surface area contributed by atoms with E-state index in [2.05, 4.69) is 31.2 Å². The van der Waals surface area contributed by atoms with Crippen molar-refractivity contribution in [2.45, 2.75) is 26.3 Å². The molecule has 0 atom stereocenters. The van der Waals surface area contributed by atoms with Gasteiger partial charge in [-0.25, -0.2) is 0 Å². The first-order chi connectivity index (χ1) is 9.45. The van der Waals surface area contributed by atoms with Gasteiger partial charge in [-0.05, 0) is 32.9 Å². The summed E-state index contributed by atoms with van der Waals surface area (Å²) < 4.78 is 1.90. The summed E-state index contributed by atoms with van der Waals surface area (Å²) in [4.78, 5) is 12.0. The highest BCUT2D eigenvalue weighted by molar-refractivity contribution is 6.34. The summed E-state index contributed by atoms with van der Waals surface area (Å²) in [6.45, 7) is 6.28. The fraction of sp³-hybridized carbons (Fsp3) is 0.250. The molecule has 0 saturated carbocycles. The monoisotopic (exact) mass is 267 g/mol. The lowest BCUT2D eigenvalue weighted by atomic mass is 10.1. The minimum atomic E-state index is -0.0629. The molecule has 0 fully saturated rings. The average molecular weight is 267 g/mol. The normalized spacial score (nSPS) is 16.4. The molecular weight excluding hydrogens is 250 g/mol. The molecule has 1 aromatic carbocycles. The number of nitrogens with one attached hydrogen (secondary N) is 1. The van der Waals surface area contributed by atoms with Crippen LogP contribution in [-0.2, 0) is 10.3 Å². The second-order valence-electron chi connectivity index (χ2n) is 5.95. The molecule has 1 N–H and O–H groups in total. The maximum Gasteiger partial charge on any atom is 0.256 e. The van der Waals surface area contributed by atoms with Crippen molar-refractivity contribution >= 4 is 23.2 Å². The second-order valence-corrected chi connectivity index (χ2v) is 5.95. The number of aromatic nitrogens is 2. The first-order valence-corrected chi connectivity index (χ1v) is 6.63. The molecule has 4 nitrogen and oxygen atoms in total. The molecule has 102 valence electrons. The largest absolute Gasteiger partial charge is 0.321 e. The summed E-state index contributed by atoms with van der Waals surface area (Å²) in [5, 5.41) is 7.22. The van der Waals surface area contributed by atoms with Gasteiger partial charge in [0.2, 0.25) is 0 Å². The van der Waals surface area contributed by atoms with Gasteiger partial charge in [-0.1, -0.05) is 18.2 Å². The molecule has 0 spiro atoms. The maximum absolute atomic E-state index is 12.0. The van der Waals surface area contributed by atoms with Gasteiger partial charge >= 0.3 is 0 Å². The second kappa shape index (κ2) is 4.34. The zero-order chi connectivity index (χ0) is 14.3. The summed E-state index contributed by atoms with van der Waals surface area (Å²) in [6.07, 6.45) is 5.63. The number of hydrogen-bond acceptors (Lipinski definition) is 2. The molecule has 0 unspecified atom stereocenters. The SMILES string of the molecule is CC(C)(C)n1cc(C=C2C(=O)Nc3ccccc32)cn1. The summed E-state index contributed by atoms with van der Waals surface area (Å²) in [6, 6.07) is 7.71. The van der Waals surface area contributed by atoms with Gasteiger partial charge in [0, 0.05) is 28.6 Å². The van der Waals surface area contributed by atoms with Crippen LogP contribution < -0.4 is 5.32 Å². The first kappa shape index (κ1) is 12.7. The molecule has 2 aromatic rings. The lowest BCUT2D eigenvalue weighted by Gasteiger charge is -2.18. The van der Waals surface area contributed by atoms with E-state index in [1.807, 2.05) is 41.2 Å². The zero-order valence-corrected chi connectivity index (χ0v) is 11.8. The number of nitrogens with zero attached hydrogens (tertiary/aromatic N) is 2. The minimum Gasteiger partial charge on any atom is -0.321 e. The summed E-state index contributed by atoms with van der Waals surface area (Å²) in [7, 11) is 0. The Hall–Kier alpha value is -2.36. The van der Waals surface area contributed by atoms with Crippen molar-refractivity contribution < 1.29 is 4.79 Å². The van der Waals surface area contributed by atoms with Gasteiger partial charge in [-0.3, -0.25) is 9.48 Å². The lowest BCUT2D eigenvalue weighted by molar-refractivity contribution is -0.110. The standard InChI is InChI=1S/C16H17N3O/c1-16(2,3)19-10-11(9-17-19)8-13-12-6-4-5-7-14(12)18-15(13)20/h4-10H,1-3H3,(H,18,20). The molecule has 0 radical (unpaired) electrons. The van der Waals surface area contributed by atoms with E-state index in [9.17, 15) is 4.79 Å². The van der Waals surface area contributed by atoms with E-state index >= 15 is 0 Å². The molecule has 2 heterocycles. The number of amides is 1. The van der Waals surface area contributed by atoms with Crippen molar-refractivity contribution in [2.75, 3.05) is 5.32 Å². The number of carbonyl (C=O) groups excluding carboxylic acids is 1. The fourth-order valence-corrected chi connectivity index (χ4v) is 2.23. The Kier molecular flexibility index (Phi) is 2.74. The summed E-state index contributed by atoms with van der Waals surface area (Å²) >= 11 is 0. The molecular formula is C16H17N3O. The van der Waals surface area contributed by atoms with E-state index in [4.69, 9.17) is 0 Å². The van der Waals surface area contributed by atoms with E-state index in [-0.39, 0.29) is 11.4 Å². The third-order valence-corrected chi connectivity index (χ3v) is 3.31. The molecule has 1 amide bonds. The molecule has 0 saturated heterocycles. The number of benzene rings is 1. The van der Waals surface area contributed by atoms with E-state index in [0.29, 0.717) is 5.57 Å². The number of rotatable bonds is 1. The Balaban J connectivity index is 2.01. The van der Waals surface area contributed by atoms with Crippen LogP contribution in [0.4, 0.5) is 5.69 Å². The van der Waals surface area contributed by atoms with E-state index < -0.39 is 0 Å². The Morgan fingerprint density at radius 2 is 2.00 bits per heavy atom. The van der Waals surface area contributed by atoms with Crippen LogP contribution in [0.15, 0.2) is 36.7 Å². The van der Waals surface area contributed by atoms with Gasteiger partial charge in [0.05, 0.1) is 11.7 Å². The van der Waals surface area contributed by atoms with Crippen LogP contribution in [-0.4, -0.2) is 15.7 Å². The molecule has 3 rings (SSSR count). The van der Waals surface area contributed by atoms with Crippen molar-refractivity contribution in [3.05, 3.63) is 47.8 Å². The molecule has 4 heteroatoms. The van der Waals surface area contributed by atoms with Crippen molar-refractivity contribution in [1.82, 2.24) is 9.78 Å². The Morgan fingerprint density at radius 1 is 1.25 bits per heavy atom. The average Bonchev–Trinajstić information content (AvgIpc) is 2.95. The predicted octanol–water partition coefficient (Wildman–Crippen LogP) is 3.13. The van der Waals surface area contributed by atoms with Gasteiger partial charge in [-0.15, -0.1) is 0 Å². The molecule has 1 aliphatic heterocycles. The quantitative estimate of drug-likeness (QED) is 0.807. The van der Waals surface area contributed by atoms with E-state index in [1.165, 1.54) is 0 Å². The van der Waals surface area contributed by atoms with Crippen molar-refractivity contribution in [3.8, 4) is 0 Å². The van der Waals surface area contributed by atoms with Gasteiger partial charge in [0.15, 0.2) is 0 Å². The van der Waals surface area contributed by atoms with Crippen LogP contribution in [0.5, 0.6) is 0 Å². The highest BCUT2D eigenvalue weighted by Crippen LogP contribution is 2.32.